The minimum absolute atomic E-state index is 0.0849. The second-order valence-electron chi connectivity index (χ2n) is 4.24. The number of ether oxygens (including phenoxy) is 1. The summed E-state index contributed by atoms with van der Waals surface area (Å²) < 4.78 is 5.37. The van der Waals surface area contributed by atoms with Gasteiger partial charge in [0.05, 0.1) is 11.5 Å². The zero-order chi connectivity index (χ0) is 14.4. The van der Waals surface area contributed by atoms with E-state index in [1.54, 1.807) is 6.07 Å². The lowest BCUT2D eigenvalue weighted by Crippen LogP contribution is -2.00. The first-order valence-corrected chi connectivity index (χ1v) is 6.39. The number of hydrogen-bond acceptors (Lipinski definition) is 4. The number of anilines is 1. The fourth-order valence-electron chi connectivity index (χ4n) is 1.80. The summed E-state index contributed by atoms with van der Waals surface area (Å²) in [5.41, 5.74) is 1.90. The van der Waals surface area contributed by atoms with Crippen LogP contribution in [0.4, 0.5) is 11.4 Å². The molecule has 0 aromatic heterocycles. The van der Waals surface area contributed by atoms with Crippen LogP contribution in [0.25, 0.3) is 0 Å². The van der Waals surface area contributed by atoms with Crippen molar-refractivity contribution in [3.8, 4) is 5.75 Å². The van der Waals surface area contributed by atoms with Crippen molar-refractivity contribution in [1.82, 2.24) is 0 Å². The molecule has 0 saturated heterocycles. The van der Waals surface area contributed by atoms with Gasteiger partial charge >= 0.3 is 0 Å². The summed E-state index contributed by atoms with van der Waals surface area (Å²) in [6, 6.07) is 14.2. The van der Waals surface area contributed by atoms with E-state index in [1.807, 2.05) is 37.3 Å². The smallest absolute Gasteiger partial charge is 0.271 e. The third-order valence-electron chi connectivity index (χ3n) is 2.79. The summed E-state index contributed by atoms with van der Waals surface area (Å²) in [6.07, 6.45) is 0. The van der Waals surface area contributed by atoms with E-state index in [4.69, 9.17) is 4.74 Å². The molecule has 0 atom stereocenters. The number of rotatable bonds is 6. The number of hydrogen-bond donors (Lipinski definition) is 1. The average Bonchev–Trinajstić information content (AvgIpc) is 2.47. The first-order chi connectivity index (χ1) is 9.69. The van der Waals surface area contributed by atoms with E-state index in [-0.39, 0.29) is 5.69 Å². The monoisotopic (exact) mass is 272 g/mol. The summed E-state index contributed by atoms with van der Waals surface area (Å²) in [4.78, 5) is 10.3. The van der Waals surface area contributed by atoms with Crippen molar-refractivity contribution in [2.24, 2.45) is 0 Å². The van der Waals surface area contributed by atoms with Crippen molar-refractivity contribution in [3.63, 3.8) is 0 Å². The zero-order valence-corrected chi connectivity index (χ0v) is 11.2. The predicted octanol–water partition coefficient (Wildman–Crippen LogP) is 3.61. The maximum Gasteiger partial charge on any atom is 0.271 e. The molecule has 0 spiro atoms. The highest BCUT2D eigenvalue weighted by Crippen LogP contribution is 2.18. The van der Waals surface area contributed by atoms with Crippen molar-refractivity contribution in [3.05, 3.63) is 64.2 Å². The van der Waals surface area contributed by atoms with Gasteiger partial charge in [-0.15, -0.1) is 0 Å². The van der Waals surface area contributed by atoms with Gasteiger partial charge in [-0.25, -0.2) is 0 Å². The highest BCUT2D eigenvalue weighted by atomic mass is 16.6. The van der Waals surface area contributed by atoms with Gasteiger partial charge in [0, 0.05) is 24.4 Å². The molecule has 0 radical (unpaired) electrons. The molecule has 0 bridgehead atoms. The van der Waals surface area contributed by atoms with Gasteiger partial charge in [-0.3, -0.25) is 10.1 Å². The summed E-state index contributed by atoms with van der Waals surface area (Å²) in [5, 5.41) is 13.9. The Bertz CT molecular complexity index is 582. The Labute approximate surface area is 117 Å². The van der Waals surface area contributed by atoms with E-state index in [0.717, 1.165) is 17.0 Å². The predicted molar refractivity (Wildman–Crippen MR) is 78.0 cm³/mol. The first kappa shape index (κ1) is 13.9. The van der Waals surface area contributed by atoms with E-state index in [1.165, 1.54) is 12.1 Å². The molecule has 104 valence electrons. The number of non-ortho nitro benzene ring substituents is 1. The van der Waals surface area contributed by atoms with Gasteiger partial charge < -0.3 is 10.1 Å². The van der Waals surface area contributed by atoms with Gasteiger partial charge in [-0.1, -0.05) is 18.2 Å². The molecule has 0 heterocycles. The Morgan fingerprint density at radius 1 is 1.20 bits per heavy atom. The maximum absolute atomic E-state index is 10.7. The average molecular weight is 272 g/mol. The van der Waals surface area contributed by atoms with E-state index in [0.29, 0.717) is 13.2 Å². The SMILES string of the molecule is CCOc1ccc(CNc2cccc([N+](=O)[O-])c2)cc1. The second-order valence-corrected chi connectivity index (χ2v) is 4.24. The third kappa shape index (κ3) is 3.71. The molecule has 2 aromatic rings. The molecule has 0 aliphatic carbocycles. The number of nitro groups is 1. The maximum atomic E-state index is 10.7. The molecule has 0 aliphatic rings. The molecule has 20 heavy (non-hydrogen) atoms. The van der Waals surface area contributed by atoms with Crippen LogP contribution in [-0.2, 0) is 6.54 Å². The standard InChI is InChI=1S/C15H16N2O3/c1-2-20-15-8-6-12(7-9-15)11-16-13-4-3-5-14(10-13)17(18)19/h3-10,16H,2,11H2,1H3. The van der Waals surface area contributed by atoms with Gasteiger partial charge in [0.25, 0.3) is 5.69 Å². The molecule has 0 aliphatic heterocycles. The molecule has 1 N–H and O–H groups in total. The molecular formula is C15H16N2O3. The van der Waals surface area contributed by atoms with Crippen LogP contribution in [0.15, 0.2) is 48.5 Å². The van der Waals surface area contributed by atoms with Gasteiger partial charge in [0.1, 0.15) is 5.75 Å². The minimum Gasteiger partial charge on any atom is -0.494 e. The van der Waals surface area contributed by atoms with Crippen LogP contribution >= 0.6 is 0 Å². The van der Waals surface area contributed by atoms with Gasteiger partial charge in [0.15, 0.2) is 0 Å². The van der Waals surface area contributed by atoms with E-state index in [2.05, 4.69) is 5.32 Å². The van der Waals surface area contributed by atoms with Crippen LogP contribution in [0.5, 0.6) is 5.75 Å². The van der Waals surface area contributed by atoms with Crippen LogP contribution in [0.1, 0.15) is 12.5 Å². The Balaban J connectivity index is 1.97. The molecular weight excluding hydrogens is 256 g/mol. The fraction of sp³-hybridized carbons (Fsp3) is 0.200. The molecule has 0 fully saturated rings. The quantitative estimate of drug-likeness (QED) is 0.644. The van der Waals surface area contributed by atoms with Crippen molar-refractivity contribution >= 4 is 11.4 Å². The summed E-state index contributed by atoms with van der Waals surface area (Å²) in [6.45, 7) is 3.19. The van der Waals surface area contributed by atoms with Crippen LogP contribution in [0, 0.1) is 10.1 Å². The largest absolute Gasteiger partial charge is 0.494 e. The number of nitrogens with zero attached hydrogens (tertiary/aromatic N) is 1. The van der Waals surface area contributed by atoms with Gasteiger partial charge in [0.2, 0.25) is 0 Å². The van der Waals surface area contributed by atoms with E-state index in [9.17, 15) is 10.1 Å². The molecule has 2 aromatic carbocycles. The van der Waals surface area contributed by atoms with Crippen molar-refractivity contribution in [2.45, 2.75) is 13.5 Å². The highest BCUT2D eigenvalue weighted by Gasteiger charge is 2.05. The lowest BCUT2D eigenvalue weighted by Gasteiger charge is -2.07. The van der Waals surface area contributed by atoms with Crippen molar-refractivity contribution < 1.29 is 9.66 Å². The molecule has 0 saturated carbocycles. The molecule has 5 heteroatoms. The Hall–Kier alpha value is -2.56. The van der Waals surface area contributed by atoms with Crippen molar-refractivity contribution in [2.75, 3.05) is 11.9 Å². The number of benzene rings is 2. The fourth-order valence-corrected chi connectivity index (χ4v) is 1.80. The van der Waals surface area contributed by atoms with Gasteiger partial charge in [-0.2, -0.15) is 0 Å². The lowest BCUT2D eigenvalue weighted by atomic mass is 10.2. The summed E-state index contributed by atoms with van der Waals surface area (Å²) in [7, 11) is 0. The zero-order valence-electron chi connectivity index (χ0n) is 11.2. The van der Waals surface area contributed by atoms with Crippen LogP contribution in [0.2, 0.25) is 0 Å². The third-order valence-corrected chi connectivity index (χ3v) is 2.79. The molecule has 2 rings (SSSR count). The van der Waals surface area contributed by atoms with E-state index >= 15 is 0 Å². The lowest BCUT2D eigenvalue weighted by molar-refractivity contribution is -0.384. The van der Waals surface area contributed by atoms with Crippen LogP contribution in [0.3, 0.4) is 0 Å². The topological polar surface area (TPSA) is 64.4 Å². The molecule has 0 amide bonds. The summed E-state index contributed by atoms with van der Waals surface area (Å²) in [5.74, 6) is 0.839. The van der Waals surface area contributed by atoms with Crippen LogP contribution < -0.4 is 10.1 Å². The van der Waals surface area contributed by atoms with Crippen LogP contribution in [-0.4, -0.2) is 11.5 Å². The highest BCUT2D eigenvalue weighted by molar-refractivity contribution is 5.51. The second kappa shape index (κ2) is 6.56. The Morgan fingerprint density at radius 2 is 1.95 bits per heavy atom. The molecule has 5 nitrogen and oxygen atoms in total. The van der Waals surface area contributed by atoms with Gasteiger partial charge in [-0.05, 0) is 30.7 Å². The number of nitro benzene ring substituents is 1. The first-order valence-electron chi connectivity index (χ1n) is 6.39. The summed E-state index contributed by atoms with van der Waals surface area (Å²) >= 11 is 0. The Kier molecular flexibility index (Phi) is 4.55. The normalized spacial score (nSPS) is 10.1. The minimum atomic E-state index is -0.401. The van der Waals surface area contributed by atoms with Crippen molar-refractivity contribution in [1.29, 1.82) is 0 Å². The Morgan fingerprint density at radius 3 is 2.60 bits per heavy atom. The van der Waals surface area contributed by atoms with E-state index < -0.39 is 4.92 Å². The number of nitrogens with one attached hydrogen (secondary N) is 1. The molecule has 0 unspecified atom stereocenters.